The molecular weight excluding hydrogens is 395 g/mol. The van der Waals surface area contributed by atoms with E-state index in [-0.39, 0.29) is 16.9 Å². The summed E-state index contributed by atoms with van der Waals surface area (Å²) in [4.78, 5) is 20.6. The maximum atomic E-state index is 13.3. The molecule has 156 valence electrons. The summed E-state index contributed by atoms with van der Waals surface area (Å²) in [5.74, 6) is -1.77. The van der Waals surface area contributed by atoms with Crippen LogP contribution >= 0.6 is 0 Å². The van der Waals surface area contributed by atoms with Crippen molar-refractivity contribution in [3.05, 3.63) is 65.5 Å². The molecule has 3 aromatic rings. The Morgan fingerprint density at radius 1 is 1.07 bits per heavy atom. The van der Waals surface area contributed by atoms with Gasteiger partial charge in [-0.25, -0.2) is 14.8 Å². The first-order chi connectivity index (χ1) is 14.3. The van der Waals surface area contributed by atoms with Gasteiger partial charge in [-0.1, -0.05) is 30.3 Å². The van der Waals surface area contributed by atoms with E-state index in [2.05, 4.69) is 22.1 Å². The van der Waals surface area contributed by atoms with Crippen LogP contribution in [0, 0.1) is 5.92 Å². The Labute approximate surface area is 171 Å². The molecule has 1 fully saturated rings. The summed E-state index contributed by atoms with van der Waals surface area (Å²) in [6.07, 6.45) is -2.11. The van der Waals surface area contributed by atoms with Crippen LogP contribution in [0.4, 0.5) is 19.0 Å². The van der Waals surface area contributed by atoms with Gasteiger partial charge in [0.05, 0.1) is 11.1 Å². The number of carboxylic acids is 1. The SMILES string of the molecule is O=C(O)c1ccc2nc(C(F)(F)F)nc(N3CCC(Cc4ccccc4)CC3)c2c1. The van der Waals surface area contributed by atoms with Crippen molar-refractivity contribution in [2.45, 2.75) is 25.4 Å². The predicted molar refractivity (Wildman–Crippen MR) is 107 cm³/mol. The topological polar surface area (TPSA) is 66.3 Å². The predicted octanol–water partition coefficient (Wildman–Crippen LogP) is 4.81. The summed E-state index contributed by atoms with van der Waals surface area (Å²) < 4.78 is 40.0. The van der Waals surface area contributed by atoms with Crippen LogP contribution in [0.1, 0.15) is 34.6 Å². The van der Waals surface area contributed by atoms with Crippen molar-refractivity contribution in [2.75, 3.05) is 18.0 Å². The number of aromatic carboxylic acids is 1. The second-order valence-electron chi connectivity index (χ2n) is 7.53. The number of carbonyl (C=O) groups is 1. The minimum absolute atomic E-state index is 0.00827. The smallest absolute Gasteiger partial charge is 0.451 e. The number of hydrogen-bond donors (Lipinski definition) is 1. The lowest BCUT2D eigenvalue weighted by molar-refractivity contribution is -0.144. The molecule has 1 N–H and O–H groups in total. The number of fused-ring (bicyclic) bond motifs is 1. The van der Waals surface area contributed by atoms with Crippen LogP contribution < -0.4 is 4.90 Å². The van der Waals surface area contributed by atoms with Crippen molar-refractivity contribution in [3.8, 4) is 0 Å². The molecule has 30 heavy (non-hydrogen) atoms. The summed E-state index contributed by atoms with van der Waals surface area (Å²) in [5, 5.41) is 9.59. The molecule has 5 nitrogen and oxygen atoms in total. The van der Waals surface area contributed by atoms with E-state index in [4.69, 9.17) is 0 Å². The fourth-order valence-corrected chi connectivity index (χ4v) is 3.91. The summed E-state index contributed by atoms with van der Waals surface area (Å²) in [6, 6.07) is 14.0. The molecule has 1 aliphatic heterocycles. The van der Waals surface area contributed by atoms with Crippen LogP contribution in [0.15, 0.2) is 48.5 Å². The van der Waals surface area contributed by atoms with E-state index in [9.17, 15) is 23.1 Å². The highest BCUT2D eigenvalue weighted by Crippen LogP contribution is 2.34. The first-order valence-electron chi connectivity index (χ1n) is 9.72. The summed E-state index contributed by atoms with van der Waals surface area (Å²) in [6.45, 7) is 1.11. The highest BCUT2D eigenvalue weighted by Gasteiger charge is 2.36. The fraction of sp³-hybridized carbons (Fsp3) is 0.318. The number of benzene rings is 2. The molecule has 1 aromatic heterocycles. The minimum atomic E-state index is -4.68. The van der Waals surface area contributed by atoms with Crippen LogP contribution in [-0.2, 0) is 12.6 Å². The molecule has 0 spiro atoms. The molecule has 8 heteroatoms. The Balaban J connectivity index is 1.63. The molecule has 2 heterocycles. The van der Waals surface area contributed by atoms with Gasteiger partial charge in [-0.2, -0.15) is 13.2 Å². The Kier molecular flexibility index (Phi) is 5.32. The monoisotopic (exact) mass is 415 g/mol. The molecule has 1 saturated heterocycles. The van der Waals surface area contributed by atoms with Crippen molar-refractivity contribution in [1.29, 1.82) is 0 Å². The molecule has 0 aliphatic carbocycles. The van der Waals surface area contributed by atoms with Gasteiger partial charge < -0.3 is 10.0 Å². The van der Waals surface area contributed by atoms with Crippen molar-refractivity contribution in [3.63, 3.8) is 0 Å². The van der Waals surface area contributed by atoms with Crippen molar-refractivity contribution in [2.24, 2.45) is 5.92 Å². The maximum absolute atomic E-state index is 13.3. The number of piperidine rings is 1. The van der Waals surface area contributed by atoms with E-state index < -0.39 is 18.0 Å². The number of anilines is 1. The lowest BCUT2D eigenvalue weighted by Gasteiger charge is -2.33. The zero-order chi connectivity index (χ0) is 21.3. The average molecular weight is 415 g/mol. The van der Waals surface area contributed by atoms with Gasteiger partial charge in [-0.15, -0.1) is 0 Å². The van der Waals surface area contributed by atoms with E-state index in [1.807, 2.05) is 23.1 Å². The largest absolute Gasteiger partial charge is 0.478 e. The van der Waals surface area contributed by atoms with Crippen LogP contribution in [0.25, 0.3) is 10.9 Å². The maximum Gasteiger partial charge on any atom is 0.451 e. The van der Waals surface area contributed by atoms with Gasteiger partial charge in [0, 0.05) is 18.5 Å². The van der Waals surface area contributed by atoms with Gasteiger partial charge >= 0.3 is 12.1 Å². The Bertz CT molecular complexity index is 1060. The van der Waals surface area contributed by atoms with Crippen LogP contribution in [-0.4, -0.2) is 34.1 Å². The van der Waals surface area contributed by atoms with Crippen molar-refractivity contribution >= 4 is 22.7 Å². The highest BCUT2D eigenvalue weighted by molar-refractivity contribution is 5.97. The molecule has 0 radical (unpaired) electrons. The van der Waals surface area contributed by atoms with E-state index in [0.29, 0.717) is 24.4 Å². The molecule has 0 atom stereocenters. The number of halogens is 3. The van der Waals surface area contributed by atoms with Crippen LogP contribution in [0.3, 0.4) is 0 Å². The Morgan fingerprint density at radius 3 is 2.40 bits per heavy atom. The fourth-order valence-electron chi connectivity index (χ4n) is 3.91. The highest BCUT2D eigenvalue weighted by atomic mass is 19.4. The molecular formula is C22H20F3N3O2. The number of hydrogen-bond acceptors (Lipinski definition) is 4. The molecule has 0 saturated carbocycles. The molecule has 1 aliphatic rings. The number of carboxylic acid groups (broad SMARTS) is 1. The quantitative estimate of drug-likeness (QED) is 0.663. The van der Waals surface area contributed by atoms with Crippen LogP contribution in [0.5, 0.6) is 0 Å². The van der Waals surface area contributed by atoms with Crippen molar-refractivity contribution < 1.29 is 23.1 Å². The zero-order valence-corrected chi connectivity index (χ0v) is 16.1. The summed E-state index contributed by atoms with van der Waals surface area (Å²) >= 11 is 0. The Hall–Kier alpha value is -3.16. The van der Waals surface area contributed by atoms with E-state index in [1.165, 1.54) is 23.8 Å². The van der Waals surface area contributed by atoms with E-state index >= 15 is 0 Å². The second kappa shape index (κ2) is 7.93. The first kappa shape index (κ1) is 20.1. The lowest BCUT2D eigenvalue weighted by atomic mass is 9.90. The van der Waals surface area contributed by atoms with Gasteiger partial charge in [-0.05, 0) is 48.9 Å². The third kappa shape index (κ3) is 4.22. The second-order valence-corrected chi connectivity index (χ2v) is 7.53. The van der Waals surface area contributed by atoms with Gasteiger partial charge in [-0.3, -0.25) is 0 Å². The number of rotatable bonds is 4. The Morgan fingerprint density at radius 2 is 1.77 bits per heavy atom. The van der Waals surface area contributed by atoms with Gasteiger partial charge in [0.25, 0.3) is 0 Å². The van der Waals surface area contributed by atoms with E-state index in [0.717, 1.165) is 19.3 Å². The number of alkyl halides is 3. The third-order valence-electron chi connectivity index (χ3n) is 5.46. The normalized spacial score (nSPS) is 15.5. The lowest BCUT2D eigenvalue weighted by Crippen LogP contribution is -2.35. The molecule has 0 bridgehead atoms. The first-order valence-corrected chi connectivity index (χ1v) is 9.72. The van der Waals surface area contributed by atoms with Gasteiger partial charge in [0.15, 0.2) is 0 Å². The van der Waals surface area contributed by atoms with Crippen LogP contribution in [0.2, 0.25) is 0 Å². The molecule has 0 amide bonds. The standard InChI is InChI=1S/C22H20F3N3O2/c23-22(24,25)21-26-18-7-6-16(20(29)30)13-17(18)19(27-21)28-10-8-15(9-11-28)12-14-4-2-1-3-5-14/h1-7,13,15H,8-12H2,(H,29,30). The van der Waals surface area contributed by atoms with Crippen molar-refractivity contribution in [1.82, 2.24) is 9.97 Å². The molecule has 2 aromatic carbocycles. The third-order valence-corrected chi connectivity index (χ3v) is 5.46. The zero-order valence-electron chi connectivity index (χ0n) is 16.1. The molecule has 0 unspecified atom stereocenters. The number of nitrogens with zero attached hydrogens (tertiary/aromatic N) is 3. The number of aromatic nitrogens is 2. The van der Waals surface area contributed by atoms with Gasteiger partial charge in [0.2, 0.25) is 5.82 Å². The minimum Gasteiger partial charge on any atom is -0.478 e. The molecule has 4 rings (SSSR count). The van der Waals surface area contributed by atoms with Gasteiger partial charge in [0.1, 0.15) is 5.82 Å². The van der Waals surface area contributed by atoms with E-state index in [1.54, 1.807) is 0 Å². The summed E-state index contributed by atoms with van der Waals surface area (Å²) in [7, 11) is 0. The average Bonchev–Trinajstić information content (AvgIpc) is 2.73. The summed E-state index contributed by atoms with van der Waals surface area (Å²) in [5.41, 5.74) is 1.32.